The lowest BCUT2D eigenvalue weighted by atomic mass is 10.3. The van der Waals surface area contributed by atoms with E-state index in [1.165, 1.54) is 18.2 Å². The molecule has 0 aliphatic heterocycles. The first-order valence-electron chi connectivity index (χ1n) is 3.05. The highest BCUT2D eigenvalue weighted by atomic mass is 31.2. The van der Waals surface area contributed by atoms with Gasteiger partial charge in [0.2, 0.25) is 5.39 Å². The van der Waals surface area contributed by atoms with Gasteiger partial charge >= 0.3 is 13.3 Å². The fourth-order valence-corrected chi connectivity index (χ4v) is 1.32. The van der Waals surface area contributed by atoms with Gasteiger partial charge in [0, 0.05) is 12.1 Å². The highest BCUT2D eigenvalue weighted by Crippen LogP contribution is 2.33. The zero-order valence-electron chi connectivity index (χ0n) is 5.95. The number of rotatable bonds is 1. The molecule has 1 aromatic carbocycles. The van der Waals surface area contributed by atoms with Crippen LogP contribution in [0.5, 0.6) is 0 Å². The first-order valence-corrected chi connectivity index (χ1v) is 4.66. The SMILES string of the molecule is N#[N+]c1cccc(P(=O)(O)O)c1. The minimum atomic E-state index is -4.23. The number of benzene rings is 1. The summed E-state index contributed by atoms with van der Waals surface area (Å²) in [5, 5.41) is 8.14. The highest BCUT2D eigenvalue weighted by Gasteiger charge is 2.19. The normalized spacial score (nSPS) is 10.8. The van der Waals surface area contributed by atoms with E-state index in [-0.39, 0.29) is 11.0 Å². The quantitative estimate of drug-likeness (QED) is 0.504. The summed E-state index contributed by atoms with van der Waals surface area (Å²) >= 11 is 0. The van der Waals surface area contributed by atoms with Gasteiger partial charge in [-0.2, -0.15) is 0 Å². The lowest BCUT2D eigenvalue weighted by Gasteiger charge is -1.99. The standard InChI is InChI=1S/C6H5N2O3P/c7-8-5-2-1-3-6(4-5)12(9,10)11/h1-4H,(H-,9,10,11)/p+1. The molecule has 0 radical (unpaired) electrons. The van der Waals surface area contributed by atoms with Crippen molar-refractivity contribution in [2.75, 3.05) is 0 Å². The van der Waals surface area contributed by atoms with Gasteiger partial charge in [-0.3, -0.25) is 4.57 Å². The van der Waals surface area contributed by atoms with E-state index in [1.54, 1.807) is 0 Å². The highest BCUT2D eigenvalue weighted by molar-refractivity contribution is 7.60. The van der Waals surface area contributed by atoms with E-state index in [9.17, 15) is 4.57 Å². The monoisotopic (exact) mass is 185 g/mol. The fraction of sp³-hybridized carbons (Fsp3) is 0. The van der Waals surface area contributed by atoms with Gasteiger partial charge in [0.15, 0.2) is 4.98 Å². The van der Waals surface area contributed by atoms with Crippen LogP contribution in [0.15, 0.2) is 24.3 Å². The van der Waals surface area contributed by atoms with Crippen molar-refractivity contribution < 1.29 is 14.4 Å². The predicted octanol–water partition coefficient (Wildman–Crippen LogP) is 0.974. The van der Waals surface area contributed by atoms with E-state index in [0.717, 1.165) is 6.07 Å². The molecule has 0 heterocycles. The lowest BCUT2D eigenvalue weighted by molar-refractivity contribution is 0.387. The summed E-state index contributed by atoms with van der Waals surface area (Å²) in [6.45, 7) is 0. The molecule has 0 bridgehead atoms. The number of diazo groups is 1. The summed E-state index contributed by atoms with van der Waals surface area (Å²) in [6, 6.07) is 5.23. The van der Waals surface area contributed by atoms with E-state index in [1.807, 2.05) is 0 Å². The Morgan fingerprint density at radius 1 is 1.42 bits per heavy atom. The smallest absolute Gasteiger partial charge is 0.321 e. The molecule has 0 aliphatic rings. The molecule has 0 aromatic heterocycles. The molecule has 0 saturated carbocycles. The predicted molar refractivity (Wildman–Crippen MR) is 42.9 cm³/mol. The van der Waals surface area contributed by atoms with Gasteiger partial charge in [0.05, 0.1) is 5.30 Å². The van der Waals surface area contributed by atoms with Crippen molar-refractivity contribution >= 4 is 18.6 Å². The van der Waals surface area contributed by atoms with Gasteiger partial charge in [-0.1, -0.05) is 6.07 Å². The van der Waals surface area contributed by atoms with Crippen LogP contribution in [0, 0.1) is 5.39 Å². The molecule has 6 heteroatoms. The Balaban J connectivity index is 3.22. The topological polar surface area (TPSA) is 85.7 Å². The maximum absolute atomic E-state index is 10.7. The maximum atomic E-state index is 10.7. The summed E-state index contributed by atoms with van der Waals surface area (Å²) in [6.07, 6.45) is 0. The fourth-order valence-electron chi connectivity index (χ4n) is 0.736. The second kappa shape index (κ2) is 3.03. The van der Waals surface area contributed by atoms with Gasteiger partial charge in [-0.25, -0.2) is 0 Å². The zero-order chi connectivity index (χ0) is 9.19. The number of hydrogen-bond donors (Lipinski definition) is 2. The Labute approximate surface area is 68.4 Å². The molecule has 1 aromatic rings. The van der Waals surface area contributed by atoms with Crippen molar-refractivity contribution in [1.29, 1.82) is 5.39 Å². The van der Waals surface area contributed by atoms with Gasteiger partial charge in [-0.15, -0.1) is 0 Å². The van der Waals surface area contributed by atoms with Crippen molar-refractivity contribution in [1.82, 2.24) is 0 Å². The molecule has 62 valence electrons. The largest absolute Gasteiger partial charge is 0.385 e. The minimum Gasteiger partial charge on any atom is -0.321 e. The molecule has 1 rings (SSSR count). The van der Waals surface area contributed by atoms with Crippen LogP contribution in [-0.4, -0.2) is 9.79 Å². The van der Waals surface area contributed by atoms with Gasteiger partial charge < -0.3 is 9.79 Å². The van der Waals surface area contributed by atoms with E-state index in [0.29, 0.717) is 0 Å². The molecule has 0 atom stereocenters. The summed E-state index contributed by atoms with van der Waals surface area (Å²) in [5.41, 5.74) is 0.121. The van der Waals surface area contributed by atoms with Crippen LogP contribution in [-0.2, 0) is 4.57 Å². The molecule has 0 amide bonds. The van der Waals surface area contributed by atoms with Gasteiger partial charge in [0.1, 0.15) is 0 Å². The van der Waals surface area contributed by atoms with Crippen molar-refractivity contribution in [3.8, 4) is 0 Å². The first kappa shape index (κ1) is 8.88. The Bertz CT molecular complexity index is 379. The first-order chi connectivity index (χ1) is 5.54. The van der Waals surface area contributed by atoms with Crippen LogP contribution < -0.4 is 5.30 Å². The average molecular weight is 185 g/mol. The lowest BCUT2D eigenvalue weighted by Crippen LogP contribution is -2.01. The molecule has 0 saturated heterocycles. The Kier molecular flexibility index (Phi) is 2.25. The third-order valence-corrected chi connectivity index (χ3v) is 2.23. The van der Waals surface area contributed by atoms with Crippen LogP contribution in [0.25, 0.3) is 4.98 Å². The van der Waals surface area contributed by atoms with E-state index in [2.05, 4.69) is 4.98 Å². The Morgan fingerprint density at radius 2 is 2.08 bits per heavy atom. The van der Waals surface area contributed by atoms with E-state index in [4.69, 9.17) is 15.2 Å². The van der Waals surface area contributed by atoms with Crippen LogP contribution >= 0.6 is 7.60 Å². The summed E-state index contributed by atoms with van der Waals surface area (Å²) < 4.78 is 10.7. The van der Waals surface area contributed by atoms with Crippen molar-refractivity contribution in [2.45, 2.75) is 0 Å². The summed E-state index contributed by atoms with van der Waals surface area (Å²) in [7, 11) is -4.23. The minimum absolute atomic E-state index is 0.121. The zero-order valence-corrected chi connectivity index (χ0v) is 6.85. The van der Waals surface area contributed by atoms with E-state index < -0.39 is 7.60 Å². The average Bonchev–Trinajstić information content (AvgIpc) is 2.03. The second-order valence-corrected chi connectivity index (χ2v) is 3.77. The summed E-state index contributed by atoms with van der Waals surface area (Å²) in [4.78, 5) is 20.2. The second-order valence-electron chi connectivity index (χ2n) is 2.16. The third-order valence-electron chi connectivity index (χ3n) is 1.28. The molecular weight excluding hydrogens is 179 g/mol. The van der Waals surface area contributed by atoms with Crippen molar-refractivity contribution in [2.24, 2.45) is 0 Å². The Morgan fingerprint density at radius 3 is 2.58 bits per heavy atom. The van der Waals surface area contributed by atoms with E-state index >= 15 is 0 Å². The molecule has 12 heavy (non-hydrogen) atoms. The summed E-state index contributed by atoms with van der Waals surface area (Å²) in [5.74, 6) is 0. The Hall–Kier alpha value is -1.21. The molecule has 0 fully saturated rings. The molecule has 0 spiro atoms. The van der Waals surface area contributed by atoms with Crippen LogP contribution in [0.2, 0.25) is 0 Å². The third kappa shape index (κ3) is 1.89. The molecule has 0 aliphatic carbocycles. The van der Waals surface area contributed by atoms with Crippen LogP contribution in [0.3, 0.4) is 0 Å². The molecule has 0 unspecified atom stereocenters. The van der Waals surface area contributed by atoms with Crippen LogP contribution in [0.1, 0.15) is 0 Å². The molecular formula is C6H6N2O3P+. The van der Waals surface area contributed by atoms with Gasteiger partial charge in [0.25, 0.3) is 0 Å². The van der Waals surface area contributed by atoms with Gasteiger partial charge in [-0.05, 0) is 6.07 Å². The van der Waals surface area contributed by atoms with Crippen molar-refractivity contribution in [3.63, 3.8) is 0 Å². The van der Waals surface area contributed by atoms with Crippen molar-refractivity contribution in [3.05, 3.63) is 29.2 Å². The number of hydrogen-bond acceptors (Lipinski definition) is 2. The van der Waals surface area contributed by atoms with Crippen LogP contribution in [0.4, 0.5) is 5.69 Å². The molecule has 2 N–H and O–H groups in total. The maximum Gasteiger partial charge on any atom is 0.385 e. The number of nitrogens with zero attached hydrogens (tertiary/aromatic N) is 2. The molecule has 5 nitrogen and oxygen atoms in total.